The van der Waals surface area contributed by atoms with Crippen LogP contribution < -0.4 is 10.2 Å². The maximum absolute atomic E-state index is 12.3. The van der Waals surface area contributed by atoms with Gasteiger partial charge >= 0.3 is 5.97 Å². The molecule has 1 aromatic heterocycles. The zero-order valence-corrected chi connectivity index (χ0v) is 17.2. The van der Waals surface area contributed by atoms with Crippen molar-refractivity contribution in [2.45, 2.75) is 39.3 Å². The number of nitrogens with zero attached hydrogens (tertiary/aromatic N) is 3. The van der Waals surface area contributed by atoms with Gasteiger partial charge in [-0.25, -0.2) is 9.78 Å². The molecule has 2 atom stereocenters. The minimum absolute atomic E-state index is 0.0132. The Kier molecular flexibility index (Phi) is 5.03. The maximum atomic E-state index is 12.3. The van der Waals surface area contributed by atoms with Gasteiger partial charge in [0.15, 0.2) is 0 Å². The van der Waals surface area contributed by atoms with Gasteiger partial charge in [-0.1, -0.05) is 0 Å². The van der Waals surface area contributed by atoms with Gasteiger partial charge in [-0.2, -0.15) is 0 Å². The highest BCUT2D eigenvalue weighted by Gasteiger charge is 2.32. The number of carbonyl (C=O) groups excluding carboxylic acids is 1. The number of carboxylic acid groups (broad SMARTS) is 1. The van der Waals surface area contributed by atoms with Crippen LogP contribution in [-0.2, 0) is 4.79 Å². The van der Waals surface area contributed by atoms with E-state index in [1.54, 1.807) is 37.5 Å². The van der Waals surface area contributed by atoms with Crippen molar-refractivity contribution in [2.24, 2.45) is 0 Å². The SMILES string of the molecule is CC(=O)N1c2ccc(-n3cnc(C)c3)cc2[C@@H](Nc2ccc(C(=O)O)cc2)C[C@H]1C. The molecule has 1 aliphatic rings. The molecule has 7 heteroatoms. The van der Waals surface area contributed by atoms with Crippen molar-refractivity contribution >= 4 is 23.3 Å². The van der Waals surface area contributed by atoms with E-state index in [1.807, 2.05) is 41.6 Å². The molecule has 1 aliphatic heterocycles. The standard InChI is InChI=1S/C23H24N4O3/c1-14-12-26(13-24-14)19-8-9-22-20(11-19)21(10-15(2)27(22)16(3)28)25-18-6-4-17(5-7-18)23(29)30/h4-9,11-13,15,21,25H,10H2,1-3H3,(H,29,30)/t15-,21+/m1/s1. The number of carboxylic acids is 1. The molecule has 0 saturated carbocycles. The Morgan fingerprint density at radius 2 is 1.90 bits per heavy atom. The summed E-state index contributed by atoms with van der Waals surface area (Å²) in [6, 6.07) is 12.8. The number of fused-ring (bicyclic) bond motifs is 1. The number of hydrogen-bond donors (Lipinski definition) is 2. The Balaban J connectivity index is 1.73. The van der Waals surface area contributed by atoms with Crippen LogP contribution in [0.4, 0.5) is 11.4 Å². The fourth-order valence-corrected chi connectivity index (χ4v) is 4.10. The van der Waals surface area contributed by atoms with E-state index in [0.29, 0.717) is 0 Å². The van der Waals surface area contributed by atoms with Crippen LogP contribution in [0.15, 0.2) is 55.0 Å². The summed E-state index contributed by atoms with van der Waals surface area (Å²) in [7, 11) is 0. The average molecular weight is 404 g/mol. The minimum Gasteiger partial charge on any atom is -0.478 e. The second-order valence-electron chi connectivity index (χ2n) is 7.72. The molecule has 3 aromatic rings. The summed E-state index contributed by atoms with van der Waals surface area (Å²) in [6.45, 7) is 5.57. The predicted octanol–water partition coefficient (Wildman–Crippen LogP) is 4.18. The lowest BCUT2D eigenvalue weighted by molar-refractivity contribution is -0.117. The number of aromatic nitrogens is 2. The van der Waals surface area contributed by atoms with Crippen LogP contribution in [-0.4, -0.2) is 32.6 Å². The Hall–Kier alpha value is -3.61. The van der Waals surface area contributed by atoms with Gasteiger partial charge in [-0.3, -0.25) is 4.79 Å². The zero-order valence-electron chi connectivity index (χ0n) is 17.2. The number of nitrogens with one attached hydrogen (secondary N) is 1. The predicted molar refractivity (Wildman–Crippen MR) is 115 cm³/mol. The molecule has 1 amide bonds. The van der Waals surface area contributed by atoms with Crippen molar-refractivity contribution in [1.29, 1.82) is 0 Å². The molecule has 0 spiro atoms. The first kappa shape index (κ1) is 19.7. The third kappa shape index (κ3) is 3.66. The Labute approximate surface area is 175 Å². The summed E-state index contributed by atoms with van der Waals surface area (Å²) in [5, 5.41) is 12.6. The largest absolute Gasteiger partial charge is 0.478 e. The summed E-state index contributed by atoms with van der Waals surface area (Å²) in [5.74, 6) is -0.935. The van der Waals surface area contributed by atoms with Gasteiger partial charge in [0.2, 0.25) is 5.91 Å². The third-order valence-corrected chi connectivity index (χ3v) is 5.49. The lowest BCUT2D eigenvalue weighted by atomic mass is 9.90. The van der Waals surface area contributed by atoms with E-state index in [9.17, 15) is 9.59 Å². The highest BCUT2D eigenvalue weighted by molar-refractivity contribution is 5.94. The van der Waals surface area contributed by atoms with Crippen LogP contribution >= 0.6 is 0 Å². The van der Waals surface area contributed by atoms with E-state index in [2.05, 4.69) is 16.4 Å². The van der Waals surface area contributed by atoms with Crippen molar-refractivity contribution in [3.63, 3.8) is 0 Å². The van der Waals surface area contributed by atoms with Crippen LogP contribution in [0.25, 0.3) is 5.69 Å². The van der Waals surface area contributed by atoms with Gasteiger partial charge in [-0.05, 0) is 62.7 Å². The first-order chi connectivity index (χ1) is 14.3. The average Bonchev–Trinajstić information content (AvgIpc) is 3.14. The topological polar surface area (TPSA) is 87.5 Å². The molecule has 2 aromatic carbocycles. The number of rotatable bonds is 4. The van der Waals surface area contributed by atoms with Crippen LogP contribution in [0.5, 0.6) is 0 Å². The van der Waals surface area contributed by atoms with Gasteiger partial charge in [0, 0.05) is 41.8 Å². The number of amides is 1. The second-order valence-corrected chi connectivity index (χ2v) is 7.72. The summed E-state index contributed by atoms with van der Waals surface area (Å²) >= 11 is 0. The number of aromatic carboxylic acids is 1. The fraction of sp³-hybridized carbons (Fsp3) is 0.261. The lowest BCUT2D eigenvalue weighted by Crippen LogP contribution is -2.43. The number of hydrogen-bond acceptors (Lipinski definition) is 4. The highest BCUT2D eigenvalue weighted by Crippen LogP contribution is 2.40. The molecule has 154 valence electrons. The number of benzene rings is 2. The maximum Gasteiger partial charge on any atom is 0.335 e. The number of carbonyl (C=O) groups is 2. The van der Waals surface area contributed by atoms with Gasteiger partial charge in [-0.15, -0.1) is 0 Å². The lowest BCUT2D eigenvalue weighted by Gasteiger charge is -2.39. The normalized spacial score (nSPS) is 18.0. The zero-order chi connectivity index (χ0) is 21.4. The van der Waals surface area contributed by atoms with Crippen LogP contribution in [0, 0.1) is 6.92 Å². The van der Waals surface area contributed by atoms with Gasteiger partial charge < -0.3 is 19.9 Å². The molecule has 0 fully saturated rings. The molecule has 0 bridgehead atoms. The van der Waals surface area contributed by atoms with Gasteiger partial charge in [0.25, 0.3) is 0 Å². The summed E-state index contributed by atoms with van der Waals surface area (Å²) < 4.78 is 1.96. The van der Waals surface area contributed by atoms with E-state index in [4.69, 9.17) is 5.11 Å². The van der Waals surface area contributed by atoms with Crippen molar-refractivity contribution in [3.8, 4) is 5.69 Å². The quantitative estimate of drug-likeness (QED) is 0.681. The molecule has 4 rings (SSSR count). The van der Waals surface area contributed by atoms with E-state index in [-0.39, 0.29) is 23.6 Å². The van der Waals surface area contributed by atoms with Crippen molar-refractivity contribution in [2.75, 3.05) is 10.2 Å². The Morgan fingerprint density at radius 3 is 2.50 bits per heavy atom. The second kappa shape index (κ2) is 7.67. The van der Waals surface area contributed by atoms with E-state index >= 15 is 0 Å². The molecule has 0 aliphatic carbocycles. The van der Waals surface area contributed by atoms with Gasteiger partial charge in [0.05, 0.1) is 23.6 Å². The molecule has 2 heterocycles. The van der Waals surface area contributed by atoms with E-state index in [1.165, 1.54) is 0 Å². The molecule has 0 radical (unpaired) electrons. The molecule has 0 unspecified atom stereocenters. The molecule has 0 saturated heterocycles. The van der Waals surface area contributed by atoms with Crippen LogP contribution in [0.2, 0.25) is 0 Å². The summed E-state index contributed by atoms with van der Waals surface area (Å²) in [6.07, 6.45) is 4.47. The minimum atomic E-state index is -0.949. The van der Waals surface area contributed by atoms with Crippen LogP contribution in [0.3, 0.4) is 0 Å². The summed E-state index contributed by atoms with van der Waals surface area (Å²) in [4.78, 5) is 29.6. The number of imidazole rings is 1. The first-order valence-corrected chi connectivity index (χ1v) is 9.88. The first-order valence-electron chi connectivity index (χ1n) is 9.88. The van der Waals surface area contributed by atoms with Crippen molar-refractivity contribution < 1.29 is 14.7 Å². The molecular formula is C23H24N4O3. The van der Waals surface area contributed by atoms with Crippen molar-refractivity contribution in [1.82, 2.24) is 9.55 Å². The summed E-state index contributed by atoms with van der Waals surface area (Å²) in [5.41, 5.74) is 4.90. The molecule has 2 N–H and O–H groups in total. The molecular weight excluding hydrogens is 380 g/mol. The van der Waals surface area contributed by atoms with Gasteiger partial charge in [0.1, 0.15) is 0 Å². The Bertz CT molecular complexity index is 1100. The molecule has 7 nitrogen and oxygen atoms in total. The van der Waals surface area contributed by atoms with E-state index < -0.39 is 5.97 Å². The van der Waals surface area contributed by atoms with Crippen LogP contribution in [0.1, 0.15) is 47.9 Å². The fourth-order valence-electron chi connectivity index (χ4n) is 4.10. The number of anilines is 2. The number of aryl methyl sites for hydroxylation is 1. The highest BCUT2D eigenvalue weighted by atomic mass is 16.4. The Morgan fingerprint density at radius 1 is 1.17 bits per heavy atom. The monoisotopic (exact) mass is 404 g/mol. The van der Waals surface area contributed by atoms with E-state index in [0.717, 1.165) is 34.7 Å². The third-order valence-electron chi connectivity index (χ3n) is 5.49. The van der Waals surface area contributed by atoms with Crippen molar-refractivity contribution in [3.05, 3.63) is 71.8 Å². The molecule has 30 heavy (non-hydrogen) atoms. The smallest absolute Gasteiger partial charge is 0.335 e.